The lowest BCUT2D eigenvalue weighted by Gasteiger charge is -2.04. The molecule has 0 fully saturated rings. The normalized spacial score (nSPS) is 12.4. The fraction of sp³-hybridized carbons (Fsp3) is 0.158. The van der Waals surface area contributed by atoms with Crippen LogP contribution in [-0.2, 0) is 0 Å². The van der Waals surface area contributed by atoms with E-state index in [4.69, 9.17) is 0 Å². The highest BCUT2D eigenvalue weighted by Crippen LogP contribution is 2.25. The Morgan fingerprint density at radius 1 is 1.04 bits per heavy atom. The van der Waals surface area contributed by atoms with E-state index in [1.807, 2.05) is 43.3 Å². The summed E-state index contributed by atoms with van der Waals surface area (Å²) >= 11 is 0. The maximum atomic E-state index is 9.98. The van der Waals surface area contributed by atoms with E-state index in [9.17, 15) is 5.11 Å². The SMILES string of the molecule is Cc1ccnc(-c2cnc(-n3nc(C(C)O)c4ccccc43)nc2)c1. The standard InChI is InChI=1S/C19H17N5O/c1-12-7-8-20-16(9-12)14-10-21-19(22-11-14)24-17-6-4-3-5-15(17)18(23-24)13(2)25/h3-11,13,25H,1-2H3. The molecular formula is C19H17N5O. The van der Waals surface area contributed by atoms with E-state index in [1.165, 1.54) is 0 Å². The van der Waals surface area contributed by atoms with Crippen molar-refractivity contribution in [2.45, 2.75) is 20.0 Å². The first-order valence-electron chi connectivity index (χ1n) is 8.04. The molecule has 1 N–H and O–H groups in total. The average Bonchev–Trinajstić information content (AvgIpc) is 3.02. The Kier molecular flexibility index (Phi) is 3.74. The fourth-order valence-electron chi connectivity index (χ4n) is 2.81. The van der Waals surface area contributed by atoms with Gasteiger partial charge in [0.15, 0.2) is 0 Å². The molecule has 6 heteroatoms. The molecule has 25 heavy (non-hydrogen) atoms. The van der Waals surface area contributed by atoms with E-state index in [2.05, 4.69) is 20.1 Å². The van der Waals surface area contributed by atoms with Crippen LogP contribution < -0.4 is 0 Å². The van der Waals surface area contributed by atoms with E-state index in [0.29, 0.717) is 11.6 Å². The number of hydrogen-bond donors (Lipinski definition) is 1. The molecule has 0 bridgehead atoms. The van der Waals surface area contributed by atoms with Crippen molar-refractivity contribution in [1.82, 2.24) is 24.7 Å². The van der Waals surface area contributed by atoms with Crippen LogP contribution in [0.15, 0.2) is 55.0 Å². The second kappa shape index (κ2) is 6.07. The predicted molar refractivity (Wildman–Crippen MR) is 95.3 cm³/mol. The second-order valence-corrected chi connectivity index (χ2v) is 5.98. The van der Waals surface area contributed by atoms with Gasteiger partial charge in [0.25, 0.3) is 5.95 Å². The number of pyridine rings is 1. The summed E-state index contributed by atoms with van der Waals surface area (Å²) in [4.78, 5) is 13.2. The van der Waals surface area contributed by atoms with Gasteiger partial charge in [-0.3, -0.25) is 4.98 Å². The summed E-state index contributed by atoms with van der Waals surface area (Å²) in [5.74, 6) is 0.458. The van der Waals surface area contributed by atoms with Crippen LogP contribution in [0.25, 0.3) is 28.1 Å². The van der Waals surface area contributed by atoms with E-state index in [1.54, 1.807) is 30.2 Å². The summed E-state index contributed by atoms with van der Waals surface area (Å²) in [6, 6.07) is 11.7. The van der Waals surface area contributed by atoms with E-state index in [-0.39, 0.29) is 0 Å². The van der Waals surface area contributed by atoms with Crippen LogP contribution >= 0.6 is 0 Å². The summed E-state index contributed by atoms with van der Waals surface area (Å²) in [6.07, 6.45) is 4.58. The number of aryl methyl sites for hydroxylation is 1. The Balaban J connectivity index is 1.79. The third-order valence-electron chi connectivity index (χ3n) is 4.05. The monoisotopic (exact) mass is 331 g/mol. The van der Waals surface area contributed by atoms with Gasteiger partial charge < -0.3 is 5.11 Å². The summed E-state index contributed by atoms with van der Waals surface area (Å²) in [7, 11) is 0. The van der Waals surface area contributed by atoms with Crippen LogP contribution in [0.4, 0.5) is 0 Å². The highest BCUT2D eigenvalue weighted by Gasteiger charge is 2.16. The highest BCUT2D eigenvalue weighted by atomic mass is 16.3. The van der Waals surface area contributed by atoms with Crippen molar-refractivity contribution in [2.75, 3.05) is 0 Å². The van der Waals surface area contributed by atoms with Crippen molar-refractivity contribution >= 4 is 10.9 Å². The topological polar surface area (TPSA) is 76.7 Å². The number of aromatic nitrogens is 5. The van der Waals surface area contributed by atoms with Crippen LogP contribution in [0.2, 0.25) is 0 Å². The van der Waals surface area contributed by atoms with Crippen molar-refractivity contribution < 1.29 is 5.11 Å². The highest BCUT2D eigenvalue weighted by molar-refractivity contribution is 5.83. The molecule has 0 saturated heterocycles. The first-order valence-corrected chi connectivity index (χ1v) is 8.04. The predicted octanol–water partition coefficient (Wildman–Crippen LogP) is 3.24. The molecule has 6 nitrogen and oxygen atoms in total. The number of rotatable bonds is 3. The Bertz CT molecular complexity index is 1040. The lowest BCUT2D eigenvalue weighted by atomic mass is 10.1. The van der Waals surface area contributed by atoms with Crippen molar-refractivity contribution in [1.29, 1.82) is 0 Å². The van der Waals surface area contributed by atoms with Crippen LogP contribution in [0, 0.1) is 6.92 Å². The first kappa shape index (κ1) is 15.4. The zero-order valence-electron chi connectivity index (χ0n) is 14.0. The molecule has 0 aliphatic heterocycles. The molecule has 0 saturated carbocycles. The van der Waals surface area contributed by atoms with E-state index < -0.39 is 6.10 Å². The maximum absolute atomic E-state index is 9.98. The van der Waals surface area contributed by atoms with Gasteiger partial charge in [-0.2, -0.15) is 9.78 Å². The van der Waals surface area contributed by atoms with Gasteiger partial charge in [0.1, 0.15) is 0 Å². The third-order valence-corrected chi connectivity index (χ3v) is 4.05. The number of nitrogens with zero attached hydrogens (tertiary/aromatic N) is 5. The minimum atomic E-state index is -0.665. The van der Waals surface area contributed by atoms with Crippen molar-refractivity contribution in [3.05, 3.63) is 66.2 Å². The van der Waals surface area contributed by atoms with Crippen LogP contribution in [-0.4, -0.2) is 29.8 Å². The van der Waals surface area contributed by atoms with Crippen LogP contribution in [0.5, 0.6) is 0 Å². The summed E-state index contributed by atoms with van der Waals surface area (Å²) in [5.41, 5.74) is 4.29. The zero-order valence-corrected chi connectivity index (χ0v) is 14.0. The van der Waals surface area contributed by atoms with E-state index in [0.717, 1.165) is 27.7 Å². The largest absolute Gasteiger partial charge is 0.387 e. The molecule has 124 valence electrons. The molecule has 3 heterocycles. The summed E-state index contributed by atoms with van der Waals surface area (Å²) in [5, 5.41) is 15.4. The van der Waals surface area contributed by atoms with Gasteiger partial charge >= 0.3 is 0 Å². The van der Waals surface area contributed by atoms with Gasteiger partial charge in [-0.05, 0) is 37.6 Å². The minimum Gasteiger partial charge on any atom is -0.387 e. The lowest BCUT2D eigenvalue weighted by Crippen LogP contribution is -2.04. The number of aliphatic hydroxyl groups excluding tert-OH is 1. The van der Waals surface area contributed by atoms with Crippen LogP contribution in [0.3, 0.4) is 0 Å². The minimum absolute atomic E-state index is 0.458. The van der Waals surface area contributed by atoms with Gasteiger partial charge in [-0.25, -0.2) is 9.97 Å². The molecule has 0 aliphatic carbocycles. The summed E-state index contributed by atoms with van der Waals surface area (Å²) in [6.45, 7) is 3.72. The number of benzene rings is 1. The third kappa shape index (κ3) is 2.77. The quantitative estimate of drug-likeness (QED) is 0.623. The van der Waals surface area contributed by atoms with Crippen molar-refractivity contribution in [3.63, 3.8) is 0 Å². The Morgan fingerprint density at radius 3 is 2.52 bits per heavy atom. The number of fused-ring (bicyclic) bond motifs is 1. The molecule has 1 unspecified atom stereocenters. The molecular weight excluding hydrogens is 314 g/mol. The number of para-hydroxylation sites is 1. The first-order chi connectivity index (χ1) is 12.1. The molecule has 1 aromatic carbocycles. The molecule has 4 aromatic rings. The molecule has 0 aliphatic rings. The van der Waals surface area contributed by atoms with Gasteiger partial charge in [0.2, 0.25) is 0 Å². The summed E-state index contributed by atoms with van der Waals surface area (Å²) < 4.78 is 1.66. The second-order valence-electron chi connectivity index (χ2n) is 5.98. The Labute approximate surface area is 144 Å². The fourth-order valence-corrected chi connectivity index (χ4v) is 2.81. The molecule has 0 amide bonds. The number of hydrogen-bond acceptors (Lipinski definition) is 5. The van der Waals surface area contributed by atoms with E-state index >= 15 is 0 Å². The average molecular weight is 331 g/mol. The molecule has 0 radical (unpaired) electrons. The van der Waals surface area contributed by atoms with Gasteiger partial charge in [0.05, 0.1) is 23.0 Å². The Morgan fingerprint density at radius 2 is 1.80 bits per heavy atom. The Hall–Kier alpha value is -3.12. The van der Waals surface area contributed by atoms with Gasteiger partial charge in [-0.15, -0.1) is 0 Å². The molecule has 0 spiro atoms. The van der Waals surface area contributed by atoms with Crippen molar-refractivity contribution in [2.24, 2.45) is 0 Å². The van der Waals surface area contributed by atoms with Crippen molar-refractivity contribution in [3.8, 4) is 17.2 Å². The zero-order chi connectivity index (χ0) is 17.4. The van der Waals surface area contributed by atoms with Gasteiger partial charge in [-0.1, -0.05) is 18.2 Å². The molecule has 1 atom stereocenters. The number of aliphatic hydroxyl groups is 1. The molecule has 3 aromatic heterocycles. The molecule has 4 rings (SSSR count). The maximum Gasteiger partial charge on any atom is 0.251 e. The lowest BCUT2D eigenvalue weighted by molar-refractivity contribution is 0.195. The smallest absolute Gasteiger partial charge is 0.251 e. The van der Waals surface area contributed by atoms with Crippen LogP contribution in [0.1, 0.15) is 24.3 Å². The van der Waals surface area contributed by atoms with Gasteiger partial charge in [0, 0.05) is 29.5 Å².